The predicted octanol–water partition coefficient (Wildman–Crippen LogP) is 5.47. The molecule has 0 bridgehead atoms. The van der Waals surface area contributed by atoms with Crippen molar-refractivity contribution in [2.45, 2.75) is 116 Å². The Morgan fingerprint density at radius 3 is 2.23 bits per heavy atom. The van der Waals surface area contributed by atoms with Crippen molar-refractivity contribution in [1.29, 1.82) is 0 Å². The first-order valence-electron chi connectivity index (χ1n) is 17.4. The van der Waals surface area contributed by atoms with Crippen molar-refractivity contribution in [3.63, 3.8) is 0 Å². The summed E-state index contributed by atoms with van der Waals surface area (Å²) in [5, 5.41) is 11.6. The number of carboxylic acids is 1. The second-order valence-electron chi connectivity index (χ2n) is 15.0. The molecule has 13 heteroatoms. The third-order valence-corrected chi connectivity index (χ3v) is 13.5. The summed E-state index contributed by atoms with van der Waals surface area (Å²) in [6, 6.07) is 0. The summed E-state index contributed by atoms with van der Waals surface area (Å²) in [7, 11) is -4.56. The van der Waals surface area contributed by atoms with Crippen molar-refractivity contribution in [2.75, 3.05) is 19.5 Å². The van der Waals surface area contributed by atoms with Gasteiger partial charge in [-0.3, -0.25) is 23.7 Å². The van der Waals surface area contributed by atoms with Crippen LogP contribution in [0.15, 0.2) is 0 Å². The van der Waals surface area contributed by atoms with Crippen molar-refractivity contribution in [3.05, 3.63) is 0 Å². The molecule has 47 heavy (non-hydrogen) atoms. The maximum absolute atomic E-state index is 12.6. The standard InChI is InChI=1S/C33H54NO10P.CH3Te/c1-21(25-11-12-26-24-10-9-23-6-4-5-16-32(23,2)27(24)15-17-33(25,26)3)7-13-28(35)34-18-30(37)44-20-43-29(36)14-8-22(31(38)39)19-45(40,41)42;1-2/h21-27H,4-20H2,1-3H3,(H,34,35)(H,38,39)(H2,40,41,42);1H3/t21-,22?,23?,24?,25?,26?,27?,32?,33?;/m1./s1. The van der Waals surface area contributed by atoms with E-state index in [1.165, 1.54) is 64.2 Å². The Bertz CT molecular complexity index is 1150. The van der Waals surface area contributed by atoms with Crippen LogP contribution in [0.1, 0.15) is 111 Å². The van der Waals surface area contributed by atoms with Gasteiger partial charge in [-0.15, -0.1) is 0 Å². The molecule has 11 nitrogen and oxygen atoms in total. The molecule has 0 aromatic rings. The predicted molar refractivity (Wildman–Crippen MR) is 177 cm³/mol. The molecule has 8 unspecified atom stereocenters. The number of carbonyl (C=O) groups is 4. The average Bonchev–Trinajstić information content (AvgIpc) is 3.38. The number of carbonyl (C=O) groups excluding carboxylic acids is 3. The van der Waals surface area contributed by atoms with Crippen molar-refractivity contribution in [2.24, 2.45) is 52.3 Å². The van der Waals surface area contributed by atoms with Gasteiger partial charge in [0.05, 0.1) is 12.1 Å². The number of amides is 1. The molecule has 4 rings (SSSR count). The Morgan fingerprint density at radius 2 is 1.55 bits per heavy atom. The minimum absolute atomic E-state index is 0.229. The normalized spacial score (nSPS) is 32.6. The van der Waals surface area contributed by atoms with Gasteiger partial charge in [-0.25, -0.2) is 0 Å². The fourth-order valence-corrected chi connectivity index (χ4v) is 11.2. The monoisotopic (exact) mass is 800 g/mol. The van der Waals surface area contributed by atoms with Crippen LogP contribution in [0, 0.1) is 52.3 Å². The van der Waals surface area contributed by atoms with Crippen molar-refractivity contribution in [1.82, 2.24) is 5.32 Å². The Labute approximate surface area is 293 Å². The van der Waals surface area contributed by atoms with E-state index in [-0.39, 0.29) is 18.9 Å². The Kier molecular flexibility index (Phi) is 15.1. The van der Waals surface area contributed by atoms with Gasteiger partial charge < -0.3 is 29.7 Å². The molecule has 0 aromatic carbocycles. The molecule has 0 heterocycles. The first-order chi connectivity index (χ1) is 22.1. The molecule has 4 saturated carbocycles. The zero-order valence-corrected chi connectivity index (χ0v) is 31.8. The van der Waals surface area contributed by atoms with Crippen LogP contribution >= 0.6 is 7.60 Å². The Hall–Kier alpha value is -1.18. The average molecular weight is 798 g/mol. The van der Waals surface area contributed by atoms with Crippen LogP contribution in [0.25, 0.3) is 0 Å². The number of carboxylic acid groups (broad SMARTS) is 1. The molecule has 0 saturated heterocycles. The number of hydrogen-bond acceptors (Lipinski definition) is 7. The maximum atomic E-state index is 12.6. The molecule has 0 aromatic heterocycles. The van der Waals surface area contributed by atoms with Crippen molar-refractivity contribution in [3.8, 4) is 0 Å². The summed E-state index contributed by atoms with van der Waals surface area (Å²) in [5.74, 6) is -0.249. The van der Waals surface area contributed by atoms with E-state index in [4.69, 9.17) is 24.4 Å². The number of rotatable bonds is 14. The summed E-state index contributed by atoms with van der Waals surface area (Å²) in [5.41, 5.74) is 0.874. The molecule has 269 valence electrons. The van der Waals surface area contributed by atoms with Gasteiger partial charge >= 0.3 is 52.8 Å². The Morgan fingerprint density at radius 1 is 0.872 bits per heavy atom. The van der Waals surface area contributed by atoms with Gasteiger partial charge in [-0.05, 0) is 111 Å². The van der Waals surface area contributed by atoms with E-state index < -0.39 is 50.8 Å². The van der Waals surface area contributed by atoms with E-state index >= 15 is 0 Å². The second kappa shape index (κ2) is 17.7. The fourth-order valence-electron chi connectivity index (χ4n) is 10.2. The molecule has 4 aliphatic rings. The van der Waals surface area contributed by atoms with Crippen LogP contribution in [0.2, 0.25) is 4.97 Å². The fraction of sp³-hybridized carbons (Fsp3) is 0.882. The van der Waals surface area contributed by atoms with E-state index in [9.17, 15) is 23.7 Å². The zero-order valence-electron chi connectivity index (χ0n) is 28.6. The van der Waals surface area contributed by atoms with Crippen molar-refractivity contribution >= 4 is 53.7 Å². The van der Waals surface area contributed by atoms with E-state index in [2.05, 4.69) is 26.1 Å². The SMILES string of the molecule is C[C@H](CCC(=O)NCC(=O)OCOC(=O)CCC(CP(=O)(O)O)C(=O)O)C1CCC2C3CCC4CCCCC4(C)C3CCC21C.C[Te]. The van der Waals surface area contributed by atoms with E-state index in [0.29, 0.717) is 29.1 Å². The molecular weight excluding hydrogens is 741 g/mol. The quantitative estimate of drug-likeness (QED) is 0.0763. The van der Waals surface area contributed by atoms with Gasteiger partial charge in [0.1, 0.15) is 6.54 Å². The number of esters is 2. The zero-order chi connectivity index (χ0) is 35.0. The van der Waals surface area contributed by atoms with Crippen LogP contribution in [0.3, 0.4) is 0 Å². The Balaban J connectivity index is 0.00000294. The summed E-state index contributed by atoms with van der Waals surface area (Å²) >= 11 is 1.95. The number of aliphatic carboxylic acids is 1. The summed E-state index contributed by atoms with van der Waals surface area (Å²) in [4.78, 5) is 67.5. The first kappa shape index (κ1) is 40.3. The van der Waals surface area contributed by atoms with Crippen LogP contribution in [-0.2, 0) is 33.2 Å². The molecule has 1 radical (unpaired) electrons. The van der Waals surface area contributed by atoms with Crippen LogP contribution in [0.4, 0.5) is 0 Å². The van der Waals surface area contributed by atoms with E-state index in [1.807, 2.05) is 27.3 Å². The summed E-state index contributed by atoms with van der Waals surface area (Å²) in [6.07, 6.45) is 13.1. The third kappa shape index (κ3) is 10.4. The van der Waals surface area contributed by atoms with Gasteiger partial charge in [0.25, 0.3) is 0 Å². The van der Waals surface area contributed by atoms with E-state index in [1.54, 1.807) is 0 Å². The summed E-state index contributed by atoms with van der Waals surface area (Å²) in [6.45, 7) is 6.37. The molecule has 1 amide bonds. The van der Waals surface area contributed by atoms with E-state index in [0.717, 1.165) is 30.1 Å². The summed E-state index contributed by atoms with van der Waals surface area (Å²) < 4.78 is 20.6. The molecule has 4 aliphatic carbocycles. The number of ether oxygens (including phenoxy) is 2. The van der Waals surface area contributed by atoms with Crippen LogP contribution in [-0.4, -0.2) is 80.5 Å². The first-order valence-corrected chi connectivity index (χ1v) is 21.5. The minimum atomic E-state index is -4.56. The van der Waals surface area contributed by atoms with Crippen LogP contribution < -0.4 is 5.32 Å². The molecule has 0 aliphatic heterocycles. The topological polar surface area (TPSA) is 177 Å². The van der Waals surface area contributed by atoms with Gasteiger partial charge in [0.2, 0.25) is 12.7 Å². The molecule has 9 atom stereocenters. The molecule has 4 N–H and O–H groups in total. The van der Waals surface area contributed by atoms with Gasteiger partial charge in [-0.2, -0.15) is 0 Å². The second-order valence-corrected chi connectivity index (χ2v) is 16.7. The molecule has 0 spiro atoms. The number of fused-ring (bicyclic) bond motifs is 5. The van der Waals surface area contributed by atoms with Gasteiger partial charge in [0.15, 0.2) is 0 Å². The van der Waals surface area contributed by atoms with Crippen LogP contribution in [0.5, 0.6) is 0 Å². The van der Waals surface area contributed by atoms with Gasteiger partial charge in [-0.1, -0.05) is 33.6 Å². The molecular formula is C34H57NO10PTe. The number of nitrogens with one attached hydrogen (secondary N) is 1. The molecule has 4 fully saturated rings. The van der Waals surface area contributed by atoms with Gasteiger partial charge in [0, 0.05) is 12.8 Å². The van der Waals surface area contributed by atoms with Crippen molar-refractivity contribution < 1.29 is 48.1 Å². The number of hydrogen-bond donors (Lipinski definition) is 4. The third-order valence-electron chi connectivity index (χ3n) is 12.5.